The lowest BCUT2D eigenvalue weighted by Crippen LogP contribution is -2.24. The number of benzene rings is 1. The number of rotatable bonds is 4. The van der Waals surface area contributed by atoms with Crippen molar-refractivity contribution in [2.24, 2.45) is 17.1 Å². The van der Waals surface area contributed by atoms with E-state index >= 15 is 0 Å². The van der Waals surface area contributed by atoms with E-state index in [0.29, 0.717) is 30.2 Å². The fourth-order valence-electron chi connectivity index (χ4n) is 4.32. The van der Waals surface area contributed by atoms with Gasteiger partial charge in [0.1, 0.15) is 11.3 Å². The Kier molecular flexibility index (Phi) is 3.39. The SMILES string of the molecule is NC(=O)c1oc2ccccc2c1NC(=O)CC12CCCCC1C2(F)F. The van der Waals surface area contributed by atoms with Crippen molar-refractivity contribution in [1.82, 2.24) is 0 Å². The van der Waals surface area contributed by atoms with E-state index < -0.39 is 29.1 Å². The van der Waals surface area contributed by atoms with Crippen LogP contribution in [0.2, 0.25) is 0 Å². The van der Waals surface area contributed by atoms with E-state index in [2.05, 4.69) is 5.32 Å². The summed E-state index contributed by atoms with van der Waals surface area (Å²) in [6.45, 7) is 0. The third-order valence-electron chi connectivity index (χ3n) is 5.61. The average molecular weight is 348 g/mol. The molecule has 1 aromatic heterocycles. The van der Waals surface area contributed by atoms with Crippen molar-refractivity contribution in [3.05, 3.63) is 30.0 Å². The molecule has 2 saturated carbocycles. The Morgan fingerprint density at radius 3 is 2.76 bits per heavy atom. The third kappa shape index (κ3) is 2.25. The van der Waals surface area contributed by atoms with Gasteiger partial charge in [-0.3, -0.25) is 9.59 Å². The van der Waals surface area contributed by atoms with Gasteiger partial charge in [-0.15, -0.1) is 0 Å². The molecule has 0 spiro atoms. The van der Waals surface area contributed by atoms with Crippen LogP contribution in [-0.2, 0) is 4.79 Å². The number of nitrogens with two attached hydrogens (primary N) is 1. The molecule has 2 aliphatic carbocycles. The van der Waals surface area contributed by atoms with Crippen LogP contribution in [0.4, 0.5) is 14.5 Å². The second kappa shape index (κ2) is 5.28. The van der Waals surface area contributed by atoms with Gasteiger partial charge in [-0.2, -0.15) is 0 Å². The summed E-state index contributed by atoms with van der Waals surface area (Å²) in [5, 5.41) is 3.10. The molecule has 0 radical (unpaired) electrons. The van der Waals surface area contributed by atoms with Crippen molar-refractivity contribution in [2.45, 2.75) is 38.0 Å². The molecule has 25 heavy (non-hydrogen) atoms. The first-order chi connectivity index (χ1) is 11.9. The summed E-state index contributed by atoms with van der Waals surface area (Å²) >= 11 is 0. The highest BCUT2D eigenvalue weighted by Crippen LogP contribution is 2.73. The van der Waals surface area contributed by atoms with Crippen LogP contribution < -0.4 is 11.1 Å². The molecule has 3 N–H and O–H groups in total. The second-order valence-corrected chi connectivity index (χ2v) is 6.97. The van der Waals surface area contributed by atoms with E-state index in [1.54, 1.807) is 24.3 Å². The zero-order chi connectivity index (χ0) is 17.8. The number of fused-ring (bicyclic) bond motifs is 2. The van der Waals surface area contributed by atoms with E-state index in [4.69, 9.17) is 10.2 Å². The van der Waals surface area contributed by atoms with Crippen LogP contribution >= 0.6 is 0 Å². The first kappa shape index (κ1) is 16.1. The van der Waals surface area contributed by atoms with Gasteiger partial charge in [-0.25, -0.2) is 8.78 Å². The van der Waals surface area contributed by atoms with Crippen molar-refractivity contribution >= 4 is 28.5 Å². The third-order valence-corrected chi connectivity index (χ3v) is 5.61. The number of alkyl halides is 2. The van der Waals surface area contributed by atoms with Gasteiger partial charge in [0, 0.05) is 17.7 Å². The minimum atomic E-state index is -2.79. The van der Waals surface area contributed by atoms with E-state index in [9.17, 15) is 18.4 Å². The number of anilines is 1. The lowest BCUT2D eigenvalue weighted by molar-refractivity contribution is -0.118. The largest absolute Gasteiger partial charge is 0.449 e. The molecule has 2 aliphatic rings. The van der Waals surface area contributed by atoms with Crippen LogP contribution in [0.1, 0.15) is 42.7 Å². The Morgan fingerprint density at radius 2 is 2.04 bits per heavy atom. The number of para-hydroxylation sites is 1. The van der Waals surface area contributed by atoms with Gasteiger partial charge in [-0.1, -0.05) is 25.0 Å². The highest BCUT2D eigenvalue weighted by molar-refractivity contribution is 6.10. The van der Waals surface area contributed by atoms with Gasteiger partial charge in [0.05, 0.1) is 5.41 Å². The molecule has 7 heteroatoms. The first-order valence-corrected chi connectivity index (χ1v) is 8.36. The first-order valence-electron chi connectivity index (χ1n) is 8.36. The van der Waals surface area contributed by atoms with Gasteiger partial charge >= 0.3 is 0 Å². The Hall–Kier alpha value is -2.44. The number of furan rings is 1. The van der Waals surface area contributed by atoms with Crippen molar-refractivity contribution in [2.75, 3.05) is 5.32 Å². The maximum atomic E-state index is 14.2. The molecule has 2 fully saturated rings. The van der Waals surface area contributed by atoms with Crippen molar-refractivity contribution in [3.8, 4) is 0 Å². The van der Waals surface area contributed by atoms with Crippen LogP contribution in [-0.4, -0.2) is 17.7 Å². The molecule has 0 bridgehead atoms. The highest BCUT2D eigenvalue weighted by Gasteiger charge is 2.80. The van der Waals surface area contributed by atoms with Gasteiger partial charge < -0.3 is 15.5 Å². The van der Waals surface area contributed by atoms with Crippen LogP contribution in [0.5, 0.6) is 0 Å². The zero-order valence-corrected chi connectivity index (χ0v) is 13.5. The number of halogens is 2. The summed E-state index contributed by atoms with van der Waals surface area (Å²) in [7, 11) is 0. The van der Waals surface area contributed by atoms with E-state index in [1.807, 2.05) is 0 Å². The molecular weight excluding hydrogens is 330 g/mol. The number of carbonyl (C=O) groups excluding carboxylic acids is 2. The number of amides is 2. The summed E-state index contributed by atoms with van der Waals surface area (Å²) < 4.78 is 33.8. The number of carbonyl (C=O) groups is 2. The number of primary amides is 1. The predicted molar refractivity (Wildman–Crippen MR) is 87.3 cm³/mol. The molecule has 2 aromatic rings. The van der Waals surface area contributed by atoms with Crippen LogP contribution in [0.3, 0.4) is 0 Å². The smallest absolute Gasteiger partial charge is 0.286 e. The van der Waals surface area contributed by atoms with E-state index in [-0.39, 0.29) is 17.9 Å². The van der Waals surface area contributed by atoms with Gasteiger partial charge in [0.25, 0.3) is 11.8 Å². The van der Waals surface area contributed by atoms with Gasteiger partial charge in [-0.05, 0) is 25.0 Å². The summed E-state index contributed by atoms with van der Waals surface area (Å²) in [4.78, 5) is 24.1. The van der Waals surface area contributed by atoms with E-state index in [0.717, 1.165) is 6.42 Å². The molecule has 0 saturated heterocycles. The van der Waals surface area contributed by atoms with Crippen LogP contribution in [0, 0.1) is 11.3 Å². The summed E-state index contributed by atoms with van der Waals surface area (Å²) in [5.41, 5.74) is 4.63. The lowest BCUT2D eigenvalue weighted by atomic mass is 9.85. The Balaban J connectivity index is 1.61. The molecule has 2 unspecified atom stereocenters. The number of hydrogen-bond acceptors (Lipinski definition) is 3. The Bertz CT molecular complexity index is 876. The zero-order valence-electron chi connectivity index (χ0n) is 13.5. The minimum Gasteiger partial charge on any atom is -0.449 e. The van der Waals surface area contributed by atoms with Crippen LogP contribution in [0.25, 0.3) is 11.0 Å². The predicted octanol–water partition coefficient (Wildman–Crippen LogP) is 3.69. The highest BCUT2D eigenvalue weighted by atomic mass is 19.3. The minimum absolute atomic E-state index is 0.154. The molecule has 132 valence electrons. The van der Waals surface area contributed by atoms with Gasteiger partial charge in [0.2, 0.25) is 11.7 Å². The maximum absolute atomic E-state index is 14.2. The second-order valence-electron chi connectivity index (χ2n) is 6.97. The monoisotopic (exact) mass is 348 g/mol. The van der Waals surface area contributed by atoms with Crippen molar-refractivity contribution in [3.63, 3.8) is 0 Å². The van der Waals surface area contributed by atoms with Gasteiger partial charge in [0.15, 0.2) is 0 Å². The quantitative estimate of drug-likeness (QED) is 0.884. The lowest BCUT2D eigenvalue weighted by Gasteiger charge is -2.19. The summed E-state index contributed by atoms with van der Waals surface area (Å²) in [6.07, 6.45) is 2.04. The molecular formula is C18H18F2N2O3. The van der Waals surface area contributed by atoms with Crippen molar-refractivity contribution in [1.29, 1.82) is 0 Å². The van der Waals surface area contributed by atoms with Crippen molar-refractivity contribution < 1.29 is 22.8 Å². The summed E-state index contributed by atoms with van der Waals surface area (Å²) in [6, 6.07) is 6.76. The van der Waals surface area contributed by atoms with Crippen LogP contribution in [0.15, 0.2) is 28.7 Å². The fraction of sp³-hybridized carbons (Fsp3) is 0.444. The Labute approximate surface area is 142 Å². The Morgan fingerprint density at radius 1 is 1.28 bits per heavy atom. The normalized spacial score (nSPS) is 26.9. The standard InChI is InChI=1S/C18H18F2N2O3/c19-18(20)12-7-3-4-8-17(12,18)9-13(23)22-14-10-5-1-2-6-11(10)25-15(14)16(21)24/h1-2,5-6,12H,3-4,7-9H2,(H2,21,24)(H,22,23). The number of hydrogen-bond donors (Lipinski definition) is 2. The molecule has 4 rings (SSSR count). The summed E-state index contributed by atoms with van der Waals surface area (Å²) in [5.74, 6) is -5.03. The molecule has 2 atom stereocenters. The molecule has 2 amide bonds. The number of nitrogens with one attached hydrogen (secondary N) is 1. The maximum Gasteiger partial charge on any atom is 0.286 e. The fourth-order valence-corrected chi connectivity index (χ4v) is 4.32. The molecule has 1 heterocycles. The molecule has 1 aromatic carbocycles. The molecule has 0 aliphatic heterocycles. The molecule has 5 nitrogen and oxygen atoms in total. The topological polar surface area (TPSA) is 85.3 Å². The average Bonchev–Trinajstić information content (AvgIpc) is 2.87. The van der Waals surface area contributed by atoms with E-state index in [1.165, 1.54) is 0 Å².